The van der Waals surface area contributed by atoms with Gasteiger partial charge in [-0.05, 0) is 24.6 Å². The first-order valence-electron chi connectivity index (χ1n) is 7.75. The molecule has 1 aromatic carbocycles. The van der Waals surface area contributed by atoms with Gasteiger partial charge in [-0.15, -0.1) is 0 Å². The highest BCUT2D eigenvalue weighted by Crippen LogP contribution is 2.34. The fraction of sp³-hybridized carbons (Fsp3) is 0.412. The number of benzene rings is 1. The summed E-state index contributed by atoms with van der Waals surface area (Å²) in [5.41, 5.74) is 1.62. The van der Waals surface area contributed by atoms with Crippen LogP contribution in [0.15, 0.2) is 18.2 Å². The average molecular weight is 333 g/mol. The second-order valence-electron chi connectivity index (χ2n) is 5.36. The van der Waals surface area contributed by atoms with Gasteiger partial charge in [-0.2, -0.15) is 0 Å². The van der Waals surface area contributed by atoms with E-state index in [1.165, 1.54) is 14.2 Å². The molecule has 0 atom stereocenters. The summed E-state index contributed by atoms with van der Waals surface area (Å²) in [6, 6.07) is 5.53. The Balaban J connectivity index is 0.000000292. The monoisotopic (exact) mass is 333 g/mol. The molecule has 130 valence electrons. The van der Waals surface area contributed by atoms with Crippen molar-refractivity contribution >= 4 is 16.9 Å². The Hall–Kier alpha value is -2.38. The third kappa shape index (κ3) is 4.12. The number of nitrogens with zero attached hydrogens (tertiary/aromatic N) is 1. The highest BCUT2D eigenvalue weighted by atomic mass is 16.5. The van der Waals surface area contributed by atoms with Gasteiger partial charge in [-0.3, -0.25) is 0 Å². The van der Waals surface area contributed by atoms with Crippen molar-refractivity contribution in [3.8, 4) is 11.6 Å². The normalized spacial score (nSPS) is 13.8. The Morgan fingerprint density at radius 2 is 1.75 bits per heavy atom. The number of fused-ring (bicyclic) bond motifs is 1. The molecule has 0 unspecified atom stereocenters. The number of carboxylic acids is 1. The molecule has 1 aliphatic heterocycles. The number of carbonyl (C=O) groups is 1. The Labute approximate surface area is 141 Å². The van der Waals surface area contributed by atoms with E-state index in [0.717, 1.165) is 31.7 Å². The molecule has 7 nitrogen and oxygen atoms in total. The Bertz CT molecular complexity index is 703. The summed E-state index contributed by atoms with van der Waals surface area (Å²) in [6.45, 7) is 6.49. The number of nitrogens with one attached hydrogen (secondary N) is 2. The maximum absolute atomic E-state index is 11.3. The zero-order valence-corrected chi connectivity index (χ0v) is 14.2. The van der Waals surface area contributed by atoms with E-state index in [2.05, 4.69) is 15.6 Å². The second-order valence-corrected chi connectivity index (χ2v) is 5.36. The minimum absolute atomic E-state index is 0.0532. The van der Waals surface area contributed by atoms with Crippen LogP contribution in [0.5, 0.6) is 11.6 Å². The van der Waals surface area contributed by atoms with Gasteiger partial charge in [0.25, 0.3) is 0 Å². The number of aromatic carboxylic acids is 1. The molecular weight excluding hydrogens is 310 g/mol. The van der Waals surface area contributed by atoms with Crippen LogP contribution >= 0.6 is 0 Å². The number of carboxylic acid groups (broad SMARTS) is 1. The predicted molar refractivity (Wildman–Crippen MR) is 92.3 cm³/mol. The first-order valence-corrected chi connectivity index (χ1v) is 7.75. The van der Waals surface area contributed by atoms with Gasteiger partial charge in [0.15, 0.2) is 5.56 Å². The SMILES string of the molecule is C1CNCCN1.COc1nc2cc(C)ccc2c(OC)c1C(=O)O. The molecule has 1 fully saturated rings. The van der Waals surface area contributed by atoms with E-state index in [1.54, 1.807) is 6.07 Å². The van der Waals surface area contributed by atoms with Gasteiger partial charge in [0.2, 0.25) is 5.88 Å². The Morgan fingerprint density at radius 3 is 2.21 bits per heavy atom. The van der Waals surface area contributed by atoms with Crippen LogP contribution < -0.4 is 20.1 Å². The van der Waals surface area contributed by atoms with Gasteiger partial charge in [-0.25, -0.2) is 9.78 Å². The number of aromatic nitrogens is 1. The molecule has 2 aromatic rings. The van der Waals surface area contributed by atoms with Crippen LogP contribution in [-0.2, 0) is 0 Å². The first kappa shape index (κ1) is 18.0. The van der Waals surface area contributed by atoms with E-state index < -0.39 is 5.97 Å². The number of aryl methyl sites for hydroxylation is 1. The van der Waals surface area contributed by atoms with Crippen LogP contribution in [0.4, 0.5) is 0 Å². The lowest BCUT2D eigenvalue weighted by molar-refractivity contribution is 0.0689. The van der Waals surface area contributed by atoms with E-state index >= 15 is 0 Å². The number of piperazine rings is 1. The quantitative estimate of drug-likeness (QED) is 0.782. The molecule has 7 heteroatoms. The molecule has 3 rings (SSSR count). The zero-order chi connectivity index (χ0) is 17.5. The number of hydrogen-bond acceptors (Lipinski definition) is 6. The maximum atomic E-state index is 11.3. The number of methoxy groups -OCH3 is 2. The van der Waals surface area contributed by atoms with Crippen molar-refractivity contribution in [1.82, 2.24) is 15.6 Å². The Kier molecular flexibility index (Phi) is 6.34. The van der Waals surface area contributed by atoms with E-state index in [4.69, 9.17) is 9.47 Å². The molecule has 0 bridgehead atoms. The summed E-state index contributed by atoms with van der Waals surface area (Å²) in [6.07, 6.45) is 0. The molecule has 0 saturated carbocycles. The van der Waals surface area contributed by atoms with Crippen LogP contribution in [0.25, 0.3) is 10.9 Å². The third-order valence-corrected chi connectivity index (χ3v) is 3.63. The lowest BCUT2D eigenvalue weighted by Gasteiger charge is -2.12. The number of ether oxygens (including phenoxy) is 2. The highest BCUT2D eigenvalue weighted by Gasteiger charge is 2.22. The van der Waals surface area contributed by atoms with E-state index in [0.29, 0.717) is 10.9 Å². The van der Waals surface area contributed by atoms with E-state index in [9.17, 15) is 9.90 Å². The van der Waals surface area contributed by atoms with Crippen molar-refractivity contribution in [2.24, 2.45) is 0 Å². The van der Waals surface area contributed by atoms with Crippen molar-refractivity contribution in [3.05, 3.63) is 29.3 Å². The van der Waals surface area contributed by atoms with E-state index in [1.807, 2.05) is 19.1 Å². The zero-order valence-electron chi connectivity index (χ0n) is 14.2. The summed E-state index contributed by atoms with van der Waals surface area (Å²) in [7, 11) is 2.82. The fourth-order valence-corrected chi connectivity index (χ4v) is 2.48. The topological polar surface area (TPSA) is 92.7 Å². The van der Waals surface area contributed by atoms with Gasteiger partial charge >= 0.3 is 5.97 Å². The van der Waals surface area contributed by atoms with Crippen molar-refractivity contribution in [2.45, 2.75) is 6.92 Å². The van der Waals surface area contributed by atoms with Gasteiger partial charge in [0, 0.05) is 31.6 Å². The van der Waals surface area contributed by atoms with Crippen molar-refractivity contribution in [1.29, 1.82) is 0 Å². The lowest BCUT2D eigenvalue weighted by atomic mass is 10.1. The maximum Gasteiger partial charge on any atom is 0.345 e. The standard InChI is InChI=1S/C13H13NO4.C4H10N2/c1-7-4-5-8-9(6-7)14-12(18-3)10(13(15)16)11(8)17-2;1-2-6-4-3-5-1/h4-6H,1-3H3,(H,15,16);5-6H,1-4H2. The highest BCUT2D eigenvalue weighted by molar-refractivity contribution is 6.01. The van der Waals surface area contributed by atoms with Crippen molar-refractivity contribution in [3.63, 3.8) is 0 Å². The molecular formula is C17H23N3O4. The summed E-state index contributed by atoms with van der Waals surface area (Å²) in [4.78, 5) is 15.5. The van der Waals surface area contributed by atoms with Crippen LogP contribution in [-0.4, -0.2) is 56.5 Å². The molecule has 1 aliphatic rings. The van der Waals surface area contributed by atoms with Gasteiger partial charge in [0.05, 0.1) is 19.7 Å². The minimum Gasteiger partial charge on any atom is -0.495 e. The molecule has 0 amide bonds. The second kappa shape index (κ2) is 8.47. The number of hydrogen-bond donors (Lipinski definition) is 3. The smallest absolute Gasteiger partial charge is 0.345 e. The van der Waals surface area contributed by atoms with Crippen molar-refractivity contribution < 1.29 is 19.4 Å². The minimum atomic E-state index is -1.13. The summed E-state index contributed by atoms with van der Waals surface area (Å²) in [5, 5.41) is 16.3. The molecule has 2 heterocycles. The van der Waals surface area contributed by atoms with E-state index in [-0.39, 0.29) is 17.2 Å². The predicted octanol–water partition coefficient (Wildman–Crippen LogP) is 1.44. The van der Waals surface area contributed by atoms with Crippen LogP contribution in [0.1, 0.15) is 15.9 Å². The van der Waals surface area contributed by atoms with Gasteiger partial charge in [-0.1, -0.05) is 6.07 Å². The van der Waals surface area contributed by atoms with Crippen LogP contribution in [0.2, 0.25) is 0 Å². The molecule has 0 radical (unpaired) electrons. The number of rotatable bonds is 3. The lowest BCUT2D eigenvalue weighted by Crippen LogP contribution is -2.39. The largest absolute Gasteiger partial charge is 0.495 e. The fourth-order valence-electron chi connectivity index (χ4n) is 2.48. The Morgan fingerprint density at radius 1 is 1.12 bits per heavy atom. The molecule has 24 heavy (non-hydrogen) atoms. The van der Waals surface area contributed by atoms with Crippen molar-refractivity contribution in [2.75, 3.05) is 40.4 Å². The van der Waals surface area contributed by atoms with Crippen LogP contribution in [0, 0.1) is 6.92 Å². The van der Waals surface area contributed by atoms with Gasteiger partial charge in [0.1, 0.15) is 5.75 Å². The third-order valence-electron chi connectivity index (χ3n) is 3.63. The summed E-state index contributed by atoms with van der Waals surface area (Å²) >= 11 is 0. The molecule has 3 N–H and O–H groups in total. The molecule has 1 saturated heterocycles. The number of pyridine rings is 1. The first-order chi connectivity index (χ1) is 11.6. The average Bonchev–Trinajstić information content (AvgIpc) is 2.61. The van der Waals surface area contributed by atoms with Gasteiger partial charge < -0.3 is 25.2 Å². The summed E-state index contributed by atoms with van der Waals surface area (Å²) in [5.74, 6) is -0.805. The molecule has 1 aromatic heterocycles. The molecule has 0 spiro atoms. The van der Waals surface area contributed by atoms with Crippen LogP contribution in [0.3, 0.4) is 0 Å². The molecule has 0 aliphatic carbocycles. The summed E-state index contributed by atoms with van der Waals surface area (Å²) < 4.78 is 10.2.